The minimum absolute atomic E-state index is 0.189. The van der Waals surface area contributed by atoms with Gasteiger partial charge in [-0.15, -0.1) is 0 Å². The fourth-order valence-electron chi connectivity index (χ4n) is 3.00. The molecule has 1 aliphatic heterocycles. The monoisotopic (exact) mass is 297 g/mol. The predicted molar refractivity (Wildman–Crippen MR) is 91.4 cm³/mol. The van der Waals surface area contributed by atoms with Crippen LogP contribution in [0, 0.1) is 5.82 Å². The molecule has 0 aliphatic carbocycles. The Kier molecular flexibility index (Phi) is 3.75. The van der Waals surface area contributed by atoms with Crippen molar-refractivity contribution in [2.45, 2.75) is 19.9 Å². The molecule has 0 amide bonds. The zero-order valence-corrected chi connectivity index (χ0v) is 12.9. The van der Waals surface area contributed by atoms with E-state index in [1.54, 1.807) is 13.1 Å². The van der Waals surface area contributed by atoms with Crippen molar-refractivity contribution < 1.29 is 4.39 Å². The molecule has 0 atom stereocenters. The Bertz CT molecular complexity index is 720. The zero-order chi connectivity index (χ0) is 15.7. The molecule has 3 nitrogen and oxygen atoms in total. The molecule has 0 fully saturated rings. The number of hydrogen-bond donors (Lipinski definition) is 2. The van der Waals surface area contributed by atoms with Gasteiger partial charge < -0.3 is 16.0 Å². The summed E-state index contributed by atoms with van der Waals surface area (Å²) < 4.78 is 14.3. The van der Waals surface area contributed by atoms with Crippen LogP contribution in [0.4, 0.5) is 21.5 Å². The summed E-state index contributed by atoms with van der Waals surface area (Å²) >= 11 is 0. The first kappa shape index (κ1) is 14.4. The van der Waals surface area contributed by atoms with Crippen LogP contribution in [-0.2, 0) is 13.0 Å². The van der Waals surface area contributed by atoms with E-state index in [0.717, 1.165) is 34.5 Å². The number of anilines is 3. The summed E-state index contributed by atoms with van der Waals surface area (Å²) in [6, 6.07) is 9.34. The van der Waals surface area contributed by atoms with Gasteiger partial charge in [0.25, 0.3) is 0 Å². The Morgan fingerprint density at radius 3 is 2.64 bits per heavy atom. The number of benzene rings is 2. The maximum Gasteiger partial charge on any atom is 0.146 e. The van der Waals surface area contributed by atoms with E-state index in [0.29, 0.717) is 12.2 Å². The van der Waals surface area contributed by atoms with E-state index in [1.165, 1.54) is 0 Å². The molecule has 0 spiro atoms. The lowest BCUT2D eigenvalue weighted by molar-refractivity contribution is 0.626. The molecule has 0 radical (unpaired) electrons. The lowest BCUT2D eigenvalue weighted by atomic mass is 9.94. The van der Waals surface area contributed by atoms with Gasteiger partial charge in [-0.1, -0.05) is 6.92 Å². The summed E-state index contributed by atoms with van der Waals surface area (Å²) in [4.78, 5) is 2.10. The van der Waals surface area contributed by atoms with Crippen LogP contribution in [0.25, 0.3) is 6.08 Å². The van der Waals surface area contributed by atoms with Crippen LogP contribution in [0.2, 0.25) is 0 Å². The molecule has 2 aromatic rings. The van der Waals surface area contributed by atoms with E-state index in [-0.39, 0.29) is 5.82 Å². The van der Waals surface area contributed by atoms with Crippen molar-refractivity contribution in [2.75, 3.05) is 23.0 Å². The number of rotatable bonds is 3. The van der Waals surface area contributed by atoms with Gasteiger partial charge in [-0.25, -0.2) is 4.39 Å². The van der Waals surface area contributed by atoms with E-state index in [2.05, 4.69) is 23.2 Å². The lowest BCUT2D eigenvalue weighted by Gasteiger charge is -2.28. The summed E-state index contributed by atoms with van der Waals surface area (Å²) in [6.07, 6.45) is 4.90. The van der Waals surface area contributed by atoms with Crippen LogP contribution >= 0.6 is 0 Å². The summed E-state index contributed by atoms with van der Waals surface area (Å²) in [5, 5.41) is 2.98. The molecule has 114 valence electrons. The maximum atomic E-state index is 14.3. The summed E-state index contributed by atoms with van der Waals surface area (Å²) in [5.74, 6) is -0.189. The number of nitrogens with zero attached hydrogens (tertiary/aromatic N) is 1. The Morgan fingerprint density at radius 2 is 2.00 bits per heavy atom. The van der Waals surface area contributed by atoms with Gasteiger partial charge >= 0.3 is 0 Å². The minimum Gasteiger partial charge on any atom is -0.399 e. The van der Waals surface area contributed by atoms with Gasteiger partial charge in [0.1, 0.15) is 5.82 Å². The largest absolute Gasteiger partial charge is 0.399 e. The Hall–Kier alpha value is -2.49. The van der Waals surface area contributed by atoms with Crippen molar-refractivity contribution in [3.05, 3.63) is 59.0 Å². The smallest absolute Gasteiger partial charge is 0.146 e. The molecular formula is C18H20FN3. The summed E-state index contributed by atoms with van der Waals surface area (Å²) in [5.41, 5.74) is 11.3. The number of hydrogen-bond acceptors (Lipinski definition) is 3. The SMILES string of the molecule is CCc1c2c(cc(F)c1NC)CN(c1ccc(N)cc1)C=C2. The van der Waals surface area contributed by atoms with E-state index in [4.69, 9.17) is 5.73 Å². The van der Waals surface area contributed by atoms with E-state index < -0.39 is 0 Å². The van der Waals surface area contributed by atoms with Crippen molar-refractivity contribution in [2.24, 2.45) is 0 Å². The molecular weight excluding hydrogens is 277 g/mol. The van der Waals surface area contributed by atoms with E-state index >= 15 is 0 Å². The zero-order valence-electron chi connectivity index (χ0n) is 12.9. The Morgan fingerprint density at radius 1 is 1.27 bits per heavy atom. The topological polar surface area (TPSA) is 41.3 Å². The molecule has 0 saturated carbocycles. The Balaban J connectivity index is 2.01. The van der Waals surface area contributed by atoms with Crippen molar-refractivity contribution in [3.63, 3.8) is 0 Å². The number of fused-ring (bicyclic) bond motifs is 1. The van der Waals surface area contributed by atoms with Crippen LogP contribution in [0.15, 0.2) is 36.5 Å². The standard InChI is InChI=1S/C18H20FN3/c1-3-15-16-8-9-22(14-6-4-13(20)5-7-14)11-12(16)10-17(19)18(15)21-2/h4-10,21H,3,11,20H2,1-2H3. The average molecular weight is 297 g/mol. The molecule has 3 rings (SSSR count). The third-order valence-corrected chi connectivity index (χ3v) is 4.10. The number of nitrogen functional groups attached to an aromatic ring is 1. The molecule has 0 aromatic heterocycles. The number of nitrogens with two attached hydrogens (primary N) is 1. The van der Waals surface area contributed by atoms with Crippen LogP contribution in [0.1, 0.15) is 23.6 Å². The first-order valence-corrected chi connectivity index (χ1v) is 7.46. The highest BCUT2D eigenvalue weighted by Gasteiger charge is 2.19. The molecule has 0 saturated heterocycles. The number of halogens is 1. The highest BCUT2D eigenvalue weighted by Crippen LogP contribution is 2.33. The molecule has 0 unspecified atom stereocenters. The maximum absolute atomic E-state index is 14.3. The van der Waals surface area contributed by atoms with Crippen molar-refractivity contribution in [1.29, 1.82) is 0 Å². The fraction of sp³-hybridized carbons (Fsp3) is 0.222. The second-order valence-electron chi connectivity index (χ2n) is 5.42. The summed E-state index contributed by atoms with van der Waals surface area (Å²) in [6.45, 7) is 2.71. The van der Waals surface area contributed by atoms with E-state index in [1.807, 2.05) is 30.5 Å². The molecule has 1 aliphatic rings. The summed E-state index contributed by atoms with van der Waals surface area (Å²) in [7, 11) is 1.76. The van der Waals surface area contributed by atoms with Crippen LogP contribution in [0.3, 0.4) is 0 Å². The van der Waals surface area contributed by atoms with Gasteiger partial charge in [0.15, 0.2) is 0 Å². The van der Waals surface area contributed by atoms with Gasteiger partial charge in [-0.3, -0.25) is 0 Å². The highest BCUT2D eigenvalue weighted by molar-refractivity contribution is 5.72. The van der Waals surface area contributed by atoms with Gasteiger partial charge in [0.05, 0.1) is 5.69 Å². The highest BCUT2D eigenvalue weighted by atomic mass is 19.1. The average Bonchev–Trinajstić information content (AvgIpc) is 2.53. The van der Waals surface area contributed by atoms with Gasteiger partial charge in [0, 0.05) is 31.2 Å². The first-order valence-electron chi connectivity index (χ1n) is 7.46. The lowest BCUT2D eigenvalue weighted by Crippen LogP contribution is -2.20. The van der Waals surface area contributed by atoms with Gasteiger partial charge in [-0.05, 0) is 59.5 Å². The fourth-order valence-corrected chi connectivity index (χ4v) is 3.00. The third-order valence-electron chi connectivity index (χ3n) is 4.10. The molecule has 4 heteroatoms. The molecule has 0 bridgehead atoms. The Labute approximate surface area is 130 Å². The normalized spacial score (nSPS) is 13.1. The molecule has 2 aromatic carbocycles. The van der Waals surface area contributed by atoms with E-state index in [9.17, 15) is 4.39 Å². The van der Waals surface area contributed by atoms with Crippen LogP contribution in [-0.4, -0.2) is 7.05 Å². The second kappa shape index (κ2) is 5.72. The van der Waals surface area contributed by atoms with Crippen molar-refractivity contribution in [3.8, 4) is 0 Å². The number of nitrogens with one attached hydrogen (secondary N) is 1. The van der Waals surface area contributed by atoms with Gasteiger partial charge in [-0.2, -0.15) is 0 Å². The van der Waals surface area contributed by atoms with Gasteiger partial charge in [0.2, 0.25) is 0 Å². The third kappa shape index (κ3) is 2.41. The minimum atomic E-state index is -0.189. The molecule has 3 N–H and O–H groups in total. The second-order valence-corrected chi connectivity index (χ2v) is 5.42. The van der Waals surface area contributed by atoms with Crippen molar-refractivity contribution in [1.82, 2.24) is 0 Å². The van der Waals surface area contributed by atoms with Crippen LogP contribution in [0.5, 0.6) is 0 Å². The predicted octanol–water partition coefficient (Wildman–Crippen LogP) is 4.00. The molecule has 1 heterocycles. The molecule has 22 heavy (non-hydrogen) atoms. The quantitative estimate of drug-likeness (QED) is 0.841. The van der Waals surface area contributed by atoms with Crippen molar-refractivity contribution >= 4 is 23.1 Å². The first-order chi connectivity index (χ1) is 10.6. The van der Waals surface area contributed by atoms with Crippen LogP contribution < -0.4 is 16.0 Å².